The maximum Gasteiger partial charge on any atom is 0.115 e. The lowest BCUT2D eigenvalue weighted by atomic mass is 9.78. The first kappa shape index (κ1) is 18.4. The molecule has 3 N–H and O–H groups in total. The fourth-order valence-electron chi connectivity index (χ4n) is 2.53. The van der Waals surface area contributed by atoms with Gasteiger partial charge in [0.15, 0.2) is 0 Å². The van der Waals surface area contributed by atoms with Crippen LogP contribution in [0.2, 0.25) is 0 Å². The third-order valence-electron chi connectivity index (χ3n) is 4.24. The minimum atomic E-state index is -0.151. The summed E-state index contributed by atoms with van der Waals surface area (Å²) < 4.78 is 0. The van der Waals surface area contributed by atoms with Crippen LogP contribution in [0.1, 0.15) is 25.0 Å². The van der Waals surface area contributed by atoms with E-state index >= 15 is 0 Å². The zero-order chi connectivity index (χ0) is 18.3. The predicted molar refractivity (Wildman–Crippen MR) is 104 cm³/mol. The molecule has 0 heterocycles. The van der Waals surface area contributed by atoms with Crippen molar-refractivity contribution in [1.82, 2.24) is 0 Å². The van der Waals surface area contributed by atoms with Crippen molar-refractivity contribution >= 4 is 5.69 Å². The van der Waals surface area contributed by atoms with Gasteiger partial charge in [0, 0.05) is 18.2 Å². The molecule has 0 radical (unpaired) electrons. The van der Waals surface area contributed by atoms with E-state index in [-0.39, 0.29) is 16.9 Å². The molecule has 0 fully saturated rings. The van der Waals surface area contributed by atoms with E-state index in [0.717, 1.165) is 16.8 Å². The summed E-state index contributed by atoms with van der Waals surface area (Å²) in [4.78, 5) is 0. The van der Waals surface area contributed by atoms with E-state index in [0.29, 0.717) is 0 Å². The van der Waals surface area contributed by atoms with Crippen molar-refractivity contribution < 1.29 is 10.2 Å². The molecule has 0 spiro atoms. The minimum absolute atomic E-state index is 0.151. The van der Waals surface area contributed by atoms with Crippen LogP contribution in [-0.4, -0.2) is 17.3 Å². The van der Waals surface area contributed by atoms with Crippen LogP contribution < -0.4 is 5.32 Å². The zero-order valence-corrected chi connectivity index (χ0v) is 14.9. The molecule has 3 heteroatoms. The standard InChI is InChI=1S/C15H16O2.C7H9N/c1-15(2,11-3-7-13(16)8-4-11)12-5-9-14(17)10-6-12;1-8-7-5-3-2-4-6-7/h3-10,16-17H,1-2H3;2-6,8H,1H3. The molecule has 3 rings (SSSR count). The molecule has 0 aliphatic rings. The Morgan fingerprint density at radius 2 is 1.04 bits per heavy atom. The van der Waals surface area contributed by atoms with Gasteiger partial charge in [0.1, 0.15) is 11.5 Å². The van der Waals surface area contributed by atoms with Crippen LogP contribution in [0.3, 0.4) is 0 Å². The SMILES string of the molecule is CC(C)(c1ccc(O)cc1)c1ccc(O)cc1.CNc1ccccc1. The number of anilines is 1. The molecule has 130 valence electrons. The monoisotopic (exact) mass is 335 g/mol. The van der Waals surface area contributed by atoms with Gasteiger partial charge in [-0.15, -0.1) is 0 Å². The van der Waals surface area contributed by atoms with Crippen molar-refractivity contribution in [2.75, 3.05) is 12.4 Å². The Hall–Kier alpha value is -2.94. The molecule has 0 unspecified atom stereocenters. The summed E-state index contributed by atoms with van der Waals surface area (Å²) in [5.41, 5.74) is 3.26. The number of para-hydroxylation sites is 1. The van der Waals surface area contributed by atoms with E-state index in [2.05, 4.69) is 19.2 Å². The van der Waals surface area contributed by atoms with Crippen molar-refractivity contribution in [1.29, 1.82) is 0 Å². The van der Waals surface area contributed by atoms with Crippen molar-refractivity contribution in [3.8, 4) is 11.5 Å². The number of phenolic OH excluding ortho intramolecular Hbond substituents is 2. The summed E-state index contributed by atoms with van der Waals surface area (Å²) in [5.74, 6) is 0.547. The van der Waals surface area contributed by atoms with Crippen LogP contribution in [0.15, 0.2) is 78.9 Å². The fourth-order valence-corrected chi connectivity index (χ4v) is 2.53. The topological polar surface area (TPSA) is 52.5 Å². The van der Waals surface area contributed by atoms with Gasteiger partial charge in [0.2, 0.25) is 0 Å². The highest BCUT2D eigenvalue weighted by Crippen LogP contribution is 2.32. The lowest BCUT2D eigenvalue weighted by molar-refractivity contribution is 0.474. The van der Waals surface area contributed by atoms with Gasteiger partial charge < -0.3 is 15.5 Å². The van der Waals surface area contributed by atoms with Gasteiger partial charge in [-0.05, 0) is 47.5 Å². The second-order valence-electron chi connectivity index (χ2n) is 6.33. The summed E-state index contributed by atoms with van der Waals surface area (Å²) >= 11 is 0. The normalized spacial score (nSPS) is 10.5. The highest BCUT2D eigenvalue weighted by atomic mass is 16.3. The number of nitrogens with one attached hydrogen (secondary N) is 1. The Kier molecular flexibility index (Phi) is 6.07. The van der Waals surface area contributed by atoms with Gasteiger partial charge in [0.25, 0.3) is 0 Å². The molecule has 3 nitrogen and oxygen atoms in total. The predicted octanol–water partition coefficient (Wildman–Crippen LogP) is 5.15. The minimum Gasteiger partial charge on any atom is -0.508 e. The van der Waals surface area contributed by atoms with Crippen molar-refractivity contribution in [2.45, 2.75) is 19.3 Å². The molecule has 3 aromatic rings. The van der Waals surface area contributed by atoms with E-state index in [1.807, 2.05) is 61.6 Å². The summed E-state index contributed by atoms with van der Waals surface area (Å²) in [6.07, 6.45) is 0. The van der Waals surface area contributed by atoms with Crippen LogP contribution in [-0.2, 0) is 5.41 Å². The smallest absolute Gasteiger partial charge is 0.115 e. The third kappa shape index (κ3) is 5.01. The number of rotatable bonds is 3. The average Bonchev–Trinajstić information content (AvgIpc) is 2.64. The molecular formula is C22H25NO2. The van der Waals surface area contributed by atoms with E-state index in [4.69, 9.17) is 0 Å². The van der Waals surface area contributed by atoms with Crippen molar-refractivity contribution in [3.63, 3.8) is 0 Å². The van der Waals surface area contributed by atoms with E-state index in [1.165, 1.54) is 0 Å². The summed E-state index contributed by atoms with van der Waals surface area (Å²) in [6.45, 7) is 4.23. The Morgan fingerprint density at radius 1 is 0.640 bits per heavy atom. The van der Waals surface area contributed by atoms with E-state index < -0.39 is 0 Å². The second-order valence-corrected chi connectivity index (χ2v) is 6.33. The number of hydrogen-bond acceptors (Lipinski definition) is 3. The Bertz CT molecular complexity index is 716. The summed E-state index contributed by atoms with van der Waals surface area (Å²) in [7, 11) is 1.91. The maximum atomic E-state index is 9.30. The highest BCUT2D eigenvalue weighted by molar-refractivity contribution is 5.42. The largest absolute Gasteiger partial charge is 0.508 e. The summed E-state index contributed by atoms with van der Waals surface area (Å²) in [5, 5.41) is 21.6. The molecule has 0 aromatic heterocycles. The van der Waals surface area contributed by atoms with Gasteiger partial charge in [-0.25, -0.2) is 0 Å². The third-order valence-corrected chi connectivity index (χ3v) is 4.24. The van der Waals surface area contributed by atoms with Crippen molar-refractivity contribution in [3.05, 3.63) is 90.0 Å². The first-order chi connectivity index (χ1) is 11.9. The molecule has 0 aliphatic carbocycles. The second kappa shape index (κ2) is 8.25. The van der Waals surface area contributed by atoms with E-state index in [9.17, 15) is 10.2 Å². The van der Waals surface area contributed by atoms with Crippen molar-refractivity contribution in [2.24, 2.45) is 0 Å². The average molecular weight is 335 g/mol. The molecule has 25 heavy (non-hydrogen) atoms. The Balaban J connectivity index is 0.000000236. The quantitative estimate of drug-likeness (QED) is 0.620. The fraction of sp³-hybridized carbons (Fsp3) is 0.182. The molecule has 0 amide bonds. The number of hydrogen-bond donors (Lipinski definition) is 3. The molecule has 0 atom stereocenters. The molecule has 3 aromatic carbocycles. The van der Waals surface area contributed by atoms with Gasteiger partial charge in [0.05, 0.1) is 0 Å². The molecule has 0 aliphatic heterocycles. The van der Waals surface area contributed by atoms with Gasteiger partial charge in [-0.1, -0.05) is 56.3 Å². The lowest BCUT2D eigenvalue weighted by Crippen LogP contribution is -2.18. The van der Waals surface area contributed by atoms with Gasteiger partial charge in [-0.3, -0.25) is 0 Å². The first-order valence-corrected chi connectivity index (χ1v) is 8.25. The van der Waals surface area contributed by atoms with Gasteiger partial charge in [-0.2, -0.15) is 0 Å². The van der Waals surface area contributed by atoms with Crippen LogP contribution in [0, 0.1) is 0 Å². The Labute approximate surface area is 149 Å². The van der Waals surface area contributed by atoms with Crippen LogP contribution in [0.5, 0.6) is 11.5 Å². The highest BCUT2D eigenvalue weighted by Gasteiger charge is 2.22. The number of aromatic hydroxyl groups is 2. The lowest BCUT2D eigenvalue weighted by Gasteiger charge is -2.26. The Morgan fingerprint density at radius 3 is 1.36 bits per heavy atom. The zero-order valence-electron chi connectivity index (χ0n) is 14.9. The van der Waals surface area contributed by atoms with Crippen LogP contribution in [0.25, 0.3) is 0 Å². The summed E-state index contributed by atoms with van der Waals surface area (Å²) in [6, 6.07) is 24.5. The molecule has 0 saturated carbocycles. The van der Waals surface area contributed by atoms with Gasteiger partial charge >= 0.3 is 0 Å². The van der Waals surface area contributed by atoms with Crippen LogP contribution in [0.4, 0.5) is 5.69 Å². The molecule has 0 saturated heterocycles. The number of phenols is 2. The van der Waals surface area contributed by atoms with Crippen LogP contribution >= 0.6 is 0 Å². The molecule has 0 bridgehead atoms. The maximum absolute atomic E-state index is 9.30. The first-order valence-electron chi connectivity index (χ1n) is 8.25. The number of benzene rings is 3. The van der Waals surface area contributed by atoms with E-state index in [1.54, 1.807) is 24.3 Å². The molecular weight excluding hydrogens is 310 g/mol.